The Labute approximate surface area is 334 Å². The number of non-ortho nitro benzene ring substituents is 1. The van der Waals surface area contributed by atoms with E-state index in [4.69, 9.17) is 0 Å². The summed E-state index contributed by atoms with van der Waals surface area (Å²) in [6.45, 7) is 0. The Balaban J connectivity index is 0.00000292. The molecule has 15 nitrogen and oxygen atoms in total. The second-order valence-corrected chi connectivity index (χ2v) is 13.1. The van der Waals surface area contributed by atoms with Gasteiger partial charge in [-0.15, -0.1) is 10.9 Å². The Kier molecular flexibility index (Phi) is 12.5. The molecule has 0 aliphatic heterocycles. The zero-order valence-corrected chi connectivity index (χ0v) is 32.3. The molecule has 6 rings (SSSR count). The first-order valence-corrected chi connectivity index (χ1v) is 16.8. The van der Waals surface area contributed by atoms with E-state index in [2.05, 4.69) is 25.7 Å². The largest absolute Gasteiger partial charge is 1.00 e. The van der Waals surface area contributed by atoms with Gasteiger partial charge in [-0.05, 0) is 65.4 Å². The molecule has 0 atom stereocenters. The van der Waals surface area contributed by atoms with Gasteiger partial charge >= 0.3 is 59.1 Å². The maximum atomic E-state index is 12.4. The summed E-state index contributed by atoms with van der Waals surface area (Å²) in [5, 5.41) is 36.9. The number of rotatable bonds is 7. The van der Waals surface area contributed by atoms with Gasteiger partial charge in [0.25, 0.3) is 15.8 Å². The quantitative estimate of drug-likeness (QED) is 0.0724. The summed E-state index contributed by atoms with van der Waals surface area (Å²) < 4.78 is 69.2. The number of nitrogens with zero attached hydrogens (tertiary/aromatic N) is 5. The van der Waals surface area contributed by atoms with Crippen LogP contribution in [-0.4, -0.2) is 53.7 Å². The van der Waals surface area contributed by atoms with E-state index in [1.165, 1.54) is 36.4 Å². The van der Waals surface area contributed by atoms with Crippen molar-refractivity contribution in [2.24, 2.45) is 20.3 Å². The zero-order valence-electron chi connectivity index (χ0n) is 26.7. The summed E-state index contributed by atoms with van der Waals surface area (Å²) in [4.78, 5) is 13.1. The predicted molar refractivity (Wildman–Crippen MR) is 179 cm³/mol. The molecule has 246 valence electrons. The molecule has 0 spiro atoms. The van der Waals surface area contributed by atoms with E-state index in [0.29, 0.717) is 39.7 Å². The van der Waals surface area contributed by atoms with E-state index in [9.17, 15) is 41.2 Å². The van der Waals surface area contributed by atoms with Crippen LogP contribution in [0.25, 0.3) is 10.8 Å². The van der Waals surface area contributed by atoms with Crippen LogP contribution in [0.5, 0.6) is 5.75 Å². The van der Waals surface area contributed by atoms with Crippen molar-refractivity contribution in [3.63, 3.8) is 0 Å². The van der Waals surface area contributed by atoms with Gasteiger partial charge in [0.1, 0.15) is 15.0 Å². The number of aliphatic imine (C=N–C) groups is 1. The van der Waals surface area contributed by atoms with Gasteiger partial charge in [0, 0.05) is 23.3 Å². The first-order valence-electron chi connectivity index (χ1n) is 14.0. The standard InChI is InChI=1S/C32H22N6O9S2.2Na/c39-30-7-3-4-19-16-31(48(42,43)44)29(18-25(19)30)37-36-27-15-14-26(23-5-1-2-6-24(23)27)35-34-21-10-8-20(9-11-21)33-28-13-12-22(38(40)41)17-32(28)49(45,46)47;;/h1-18,37,39H,(H,42,43,44)(H,45,46,47);;/q;2*+1/p-2. The number of hydrogen-bond acceptors (Lipinski definition) is 13. The summed E-state index contributed by atoms with van der Waals surface area (Å²) in [5.41, 5.74) is 4.50. The third kappa shape index (κ3) is 9.03. The first-order chi connectivity index (χ1) is 23.3. The average Bonchev–Trinajstić information content (AvgIpc) is 3.06. The predicted octanol–water partition coefficient (Wildman–Crippen LogP) is -1.59. The van der Waals surface area contributed by atoms with Crippen molar-refractivity contribution >= 4 is 70.9 Å². The molecule has 4 aromatic rings. The van der Waals surface area contributed by atoms with Crippen LogP contribution in [0, 0.1) is 10.1 Å². The van der Waals surface area contributed by atoms with Crippen LogP contribution in [0.3, 0.4) is 0 Å². The molecule has 2 aliphatic rings. The van der Waals surface area contributed by atoms with Crippen molar-refractivity contribution in [3.8, 4) is 5.75 Å². The molecule has 2 N–H and O–H groups in total. The SMILES string of the molecule is O=[N+]([O-])c1ccc(N=C2C=CC(=NN=C3C=CC(=NNc4cc5c([O-])cccc5cc4S(=O)(=O)O)c4ccccc43)C=C2)c(S(=O)(=O)[O-])c1.[Na+].[Na+]. The number of nitrogens with one attached hydrogen (secondary N) is 1. The molecule has 0 bridgehead atoms. The molecule has 0 heterocycles. The minimum absolute atomic E-state index is 0. The van der Waals surface area contributed by atoms with Crippen LogP contribution in [0.2, 0.25) is 0 Å². The van der Waals surface area contributed by atoms with E-state index in [1.54, 1.807) is 54.6 Å². The van der Waals surface area contributed by atoms with Gasteiger partial charge in [-0.2, -0.15) is 18.6 Å². The Bertz CT molecular complexity index is 2510. The Morgan fingerprint density at radius 1 is 0.725 bits per heavy atom. The van der Waals surface area contributed by atoms with Gasteiger partial charge < -0.3 is 9.66 Å². The fourth-order valence-electron chi connectivity index (χ4n) is 4.90. The average molecular weight is 743 g/mol. The van der Waals surface area contributed by atoms with Gasteiger partial charge in [0.15, 0.2) is 0 Å². The van der Waals surface area contributed by atoms with Crippen LogP contribution in [0.1, 0.15) is 11.1 Å². The Morgan fingerprint density at radius 3 is 2.02 bits per heavy atom. The van der Waals surface area contributed by atoms with Crippen LogP contribution < -0.4 is 69.6 Å². The number of benzene rings is 4. The van der Waals surface area contributed by atoms with E-state index < -0.39 is 40.6 Å². The molecule has 4 aromatic carbocycles. The molecule has 0 saturated heterocycles. The summed E-state index contributed by atoms with van der Waals surface area (Å²) in [6.07, 6.45) is 9.32. The van der Waals surface area contributed by atoms with Gasteiger partial charge in [-0.25, -0.2) is 13.4 Å². The smallest absolute Gasteiger partial charge is 0.872 e. The second-order valence-electron chi connectivity index (χ2n) is 10.4. The maximum absolute atomic E-state index is 12.4. The first kappa shape index (κ1) is 39.6. The number of fused-ring (bicyclic) bond motifs is 2. The summed E-state index contributed by atoms with van der Waals surface area (Å²) in [7, 11) is -9.72. The van der Waals surface area contributed by atoms with E-state index in [-0.39, 0.29) is 87.3 Å². The molecule has 0 saturated carbocycles. The van der Waals surface area contributed by atoms with Gasteiger partial charge in [-0.1, -0.05) is 42.5 Å². The second kappa shape index (κ2) is 16.0. The van der Waals surface area contributed by atoms with Crippen molar-refractivity contribution in [1.82, 2.24) is 0 Å². The number of nitro benzene ring substituents is 1. The topological polar surface area (TPSA) is 239 Å². The molecule has 0 fully saturated rings. The molecule has 2 aliphatic carbocycles. The van der Waals surface area contributed by atoms with Crippen molar-refractivity contribution in [3.05, 3.63) is 130 Å². The van der Waals surface area contributed by atoms with Gasteiger partial charge in [0.2, 0.25) is 0 Å². The molecular weight excluding hydrogens is 722 g/mol. The zero-order chi connectivity index (χ0) is 34.9. The molecule has 0 unspecified atom stereocenters. The van der Waals surface area contributed by atoms with Crippen LogP contribution >= 0.6 is 0 Å². The Hall–Kier alpha value is -4.14. The van der Waals surface area contributed by atoms with E-state index in [0.717, 1.165) is 12.1 Å². The number of hydrogen-bond donors (Lipinski definition) is 2. The van der Waals surface area contributed by atoms with Crippen molar-refractivity contribution in [2.75, 3.05) is 5.43 Å². The summed E-state index contributed by atoms with van der Waals surface area (Å²) in [6, 6.07) is 16.7. The summed E-state index contributed by atoms with van der Waals surface area (Å²) >= 11 is 0. The molecular formula is C32H20N6Na2O9S2. The molecule has 51 heavy (non-hydrogen) atoms. The molecule has 0 aromatic heterocycles. The number of nitro groups is 1. The molecule has 19 heteroatoms. The van der Waals surface area contributed by atoms with Crippen molar-refractivity contribution < 1.29 is 95.1 Å². The fraction of sp³-hybridized carbons (Fsp3) is 0. The third-order valence-corrected chi connectivity index (χ3v) is 8.95. The van der Waals surface area contributed by atoms with Crippen molar-refractivity contribution in [1.29, 1.82) is 0 Å². The number of allylic oxidation sites excluding steroid dienone is 6. The monoisotopic (exact) mass is 742 g/mol. The normalized spacial score (nSPS) is 15.3. The fourth-order valence-corrected chi connectivity index (χ4v) is 6.20. The maximum Gasteiger partial charge on any atom is 1.00 e. The van der Waals surface area contributed by atoms with E-state index >= 15 is 0 Å². The number of anilines is 1. The third-order valence-electron chi connectivity index (χ3n) is 7.19. The Morgan fingerprint density at radius 2 is 1.37 bits per heavy atom. The summed E-state index contributed by atoms with van der Waals surface area (Å²) in [5.74, 6) is -0.333. The minimum atomic E-state index is -5.05. The van der Waals surface area contributed by atoms with Crippen LogP contribution in [0.4, 0.5) is 17.1 Å². The molecule has 0 radical (unpaired) electrons. The number of hydrazone groups is 1. The van der Waals surface area contributed by atoms with Gasteiger partial charge in [0.05, 0.1) is 44.0 Å². The van der Waals surface area contributed by atoms with Crippen LogP contribution in [-0.2, 0) is 20.2 Å². The van der Waals surface area contributed by atoms with Crippen molar-refractivity contribution in [2.45, 2.75) is 9.79 Å². The van der Waals surface area contributed by atoms with E-state index in [1.807, 2.05) is 0 Å². The van der Waals surface area contributed by atoms with Gasteiger partial charge in [-0.3, -0.25) is 20.1 Å². The molecule has 0 amide bonds. The minimum Gasteiger partial charge on any atom is -0.872 e. The van der Waals surface area contributed by atoms with Crippen LogP contribution in [0.15, 0.2) is 139 Å².